The summed E-state index contributed by atoms with van der Waals surface area (Å²) in [6.07, 6.45) is 1.50. The summed E-state index contributed by atoms with van der Waals surface area (Å²) in [6.45, 7) is 4.93. The van der Waals surface area contributed by atoms with Gasteiger partial charge in [0.2, 0.25) is 5.91 Å². The third kappa shape index (κ3) is 4.04. The molecule has 1 atom stereocenters. The second-order valence-corrected chi connectivity index (χ2v) is 6.83. The van der Waals surface area contributed by atoms with Crippen LogP contribution in [-0.4, -0.2) is 54.3 Å². The first kappa shape index (κ1) is 16.7. The van der Waals surface area contributed by atoms with E-state index in [1.807, 2.05) is 24.4 Å². The Morgan fingerprint density at radius 3 is 2.67 bits per heavy atom. The fourth-order valence-electron chi connectivity index (χ4n) is 2.76. The average molecular weight is 347 g/mol. The van der Waals surface area contributed by atoms with E-state index in [1.165, 1.54) is 6.26 Å². The lowest BCUT2D eigenvalue weighted by molar-refractivity contribution is -0.123. The van der Waals surface area contributed by atoms with Gasteiger partial charge in [-0.05, 0) is 30.5 Å². The first-order valence-electron chi connectivity index (χ1n) is 8.01. The highest BCUT2D eigenvalue weighted by Gasteiger charge is 2.24. The third-order valence-electron chi connectivity index (χ3n) is 4.11. The van der Waals surface area contributed by atoms with E-state index in [4.69, 9.17) is 4.42 Å². The van der Waals surface area contributed by atoms with Crippen molar-refractivity contribution in [2.24, 2.45) is 0 Å². The Morgan fingerprint density at radius 1 is 1.25 bits per heavy atom. The van der Waals surface area contributed by atoms with Crippen LogP contribution in [0.5, 0.6) is 0 Å². The molecule has 128 valence electrons. The fourth-order valence-corrected chi connectivity index (χ4v) is 3.50. The summed E-state index contributed by atoms with van der Waals surface area (Å²) in [5.74, 6) is 0.295. The number of carbonyl (C=O) groups excluding carboxylic acids is 2. The molecule has 1 N–H and O–H groups in total. The molecule has 0 aliphatic carbocycles. The zero-order valence-corrected chi connectivity index (χ0v) is 14.4. The number of hydrogen-bond acceptors (Lipinski definition) is 5. The van der Waals surface area contributed by atoms with Gasteiger partial charge in [-0.25, -0.2) is 0 Å². The van der Waals surface area contributed by atoms with Crippen LogP contribution in [-0.2, 0) is 4.79 Å². The van der Waals surface area contributed by atoms with Crippen molar-refractivity contribution in [2.75, 3.05) is 32.7 Å². The Kier molecular flexibility index (Phi) is 5.32. The minimum atomic E-state index is -0.0876. The molecule has 24 heavy (non-hydrogen) atoms. The Balaban J connectivity index is 1.43. The predicted molar refractivity (Wildman–Crippen MR) is 91.9 cm³/mol. The highest BCUT2D eigenvalue weighted by Crippen LogP contribution is 2.18. The van der Waals surface area contributed by atoms with Crippen LogP contribution in [0.3, 0.4) is 0 Å². The summed E-state index contributed by atoms with van der Waals surface area (Å²) in [6, 6.07) is 7.42. The maximum atomic E-state index is 12.2. The van der Waals surface area contributed by atoms with Crippen molar-refractivity contribution in [1.82, 2.24) is 15.1 Å². The Hall–Kier alpha value is -2.12. The molecule has 1 unspecified atom stereocenters. The number of rotatable bonds is 5. The van der Waals surface area contributed by atoms with Crippen molar-refractivity contribution >= 4 is 23.2 Å². The minimum Gasteiger partial charge on any atom is -0.459 e. The monoisotopic (exact) mass is 347 g/mol. The lowest BCUT2D eigenvalue weighted by Gasteiger charge is -2.34. The normalized spacial score (nSPS) is 16.8. The maximum Gasteiger partial charge on any atom is 0.289 e. The summed E-state index contributed by atoms with van der Waals surface area (Å²) in [4.78, 5) is 29.4. The van der Waals surface area contributed by atoms with Crippen LogP contribution < -0.4 is 5.32 Å². The van der Waals surface area contributed by atoms with Crippen LogP contribution in [0.4, 0.5) is 0 Å². The van der Waals surface area contributed by atoms with Gasteiger partial charge in [0.25, 0.3) is 5.91 Å². The van der Waals surface area contributed by atoms with Gasteiger partial charge in [0.05, 0.1) is 18.8 Å². The number of furan rings is 1. The van der Waals surface area contributed by atoms with Gasteiger partial charge < -0.3 is 14.6 Å². The van der Waals surface area contributed by atoms with Gasteiger partial charge >= 0.3 is 0 Å². The summed E-state index contributed by atoms with van der Waals surface area (Å²) >= 11 is 1.64. The minimum absolute atomic E-state index is 0.0155. The lowest BCUT2D eigenvalue weighted by Crippen LogP contribution is -2.51. The lowest BCUT2D eigenvalue weighted by atomic mass is 10.2. The van der Waals surface area contributed by atoms with Gasteiger partial charge in [-0.2, -0.15) is 0 Å². The molecule has 1 aliphatic rings. The van der Waals surface area contributed by atoms with Crippen LogP contribution in [0.1, 0.15) is 28.4 Å². The quantitative estimate of drug-likeness (QED) is 0.898. The van der Waals surface area contributed by atoms with Crippen molar-refractivity contribution in [3.05, 3.63) is 46.5 Å². The fraction of sp³-hybridized carbons (Fsp3) is 0.412. The highest BCUT2D eigenvalue weighted by atomic mass is 32.1. The van der Waals surface area contributed by atoms with Crippen molar-refractivity contribution in [3.8, 4) is 0 Å². The zero-order chi connectivity index (χ0) is 16.9. The van der Waals surface area contributed by atoms with Gasteiger partial charge in [-0.3, -0.25) is 14.5 Å². The standard InChI is InChI=1S/C17H21N3O3S/c1-13(15-5-3-11-24-15)18-16(21)12-19-6-8-20(9-7-19)17(22)14-4-2-10-23-14/h2-5,10-11,13H,6-9,12H2,1H3,(H,18,21). The summed E-state index contributed by atoms with van der Waals surface area (Å²) in [5.41, 5.74) is 0. The molecule has 0 radical (unpaired) electrons. The number of hydrogen-bond donors (Lipinski definition) is 1. The number of piperazine rings is 1. The number of amides is 2. The molecule has 2 aromatic heterocycles. The molecule has 3 rings (SSSR count). The van der Waals surface area contributed by atoms with Crippen molar-refractivity contribution < 1.29 is 14.0 Å². The average Bonchev–Trinajstić information content (AvgIpc) is 3.28. The van der Waals surface area contributed by atoms with Crippen molar-refractivity contribution in [1.29, 1.82) is 0 Å². The Bertz CT molecular complexity index is 661. The maximum absolute atomic E-state index is 12.2. The van der Waals surface area contributed by atoms with E-state index in [0.717, 1.165) is 4.88 Å². The summed E-state index contributed by atoms with van der Waals surface area (Å²) in [7, 11) is 0. The van der Waals surface area contributed by atoms with E-state index in [-0.39, 0.29) is 17.9 Å². The van der Waals surface area contributed by atoms with E-state index < -0.39 is 0 Å². The van der Waals surface area contributed by atoms with Crippen LogP contribution in [0, 0.1) is 0 Å². The number of thiophene rings is 1. The smallest absolute Gasteiger partial charge is 0.289 e. The predicted octanol–water partition coefficient (Wildman–Crippen LogP) is 1.98. The molecule has 0 spiro atoms. The van der Waals surface area contributed by atoms with Crippen molar-refractivity contribution in [3.63, 3.8) is 0 Å². The largest absolute Gasteiger partial charge is 0.459 e. The molecule has 3 heterocycles. The second kappa shape index (κ2) is 7.63. The van der Waals surface area contributed by atoms with Gasteiger partial charge in [0, 0.05) is 31.1 Å². The topological polar surface area (TPSA) is 65.8 Å². The van der Waals surface area contributed by atoms with E-state index in [1.54, 1.807) is 28.4 Å². The summed E-state index contributed by atoms with van der Waals surface area (Å²) in [5, 5.41) is 5.03. The van der Waals surface area contributed by atoms with Crippen molar-refractivity contribution in [2.45, 2.75) is 13.0 Å². The van der Waals surface area contributed by atoms with Gasteiger partial charge in [0.1, 0.15) is 0 Å². The first-order chi connectivity index (χ1) is 11.6. The molecule has 2 aromatic rings. The van der Waals surface area contributed by atoms with Gasteiger partial charge in [0.15, 0.2) is 5.76 Å². The van der Waals surface area contributed by atoms with Crippen LogP contribution in [0.2, 0.25) is 0 Å². The molecule has 0 saturated carbocycles. The van der Waals surface area contributed by atoms with Gasteiger partial charge in [-0.15, -0.1) is 11.3 Å². The Morgan fingerprint density at radius 2 is 2.04 bits per heavy atom. The van der Waals surface area contributed by atoms with Crippen LogP contribution in [0.25, 0.3) is 0 Å². The third-order valence-corrected chi connectivity index (χ3v) is 5.16. The molecule has 7 heteroatoms. The molecular weight excluding hydrogens is 326 g/mol. The molecule has 1 aliphatic heterocycles. The molecule has 0 aromatic carbocycles. The van der Waals surface area contributed by atoms with Crippen LogP contribution >= 0.6 is 11.3 Å². The highest BCUT2D eigenvalue weighted by molar-refractivity contribution is 7.10. The molecule has 1 fully saturated rings. The molecular formula is C17H21N3O3S. The molecule has 2 amide bonds. The van der Waals surface area contributed by atoms with E-state index in [0.29, 0.717) is 38.5 Å². The second-order valence-electron chi connectivity index (χ2n) is 5.85. The first-order valence-corrected chi connectivity index (χ1v) is 8.89. The number of nitrogens with one attached hydrogen (secondary N) is 1. The van der Waals surface area contributed by atoms with E-state index in [9.17, 15) is 9.59 Å². The van der Waals surface area contributed by atoms with E-state index >= 15 is 0 Å². The number of nitrogens with zero attached hydrogens (tertiary/aromatic N) is 2. The molecule has 6 nitrogen and oxygen atoms in total. The number of carbonyl (C=O) groups is 2. The molecule has 1 saturated heterocycles. The SMILES string of the molecule is CC(NC(=O)CN1CCN(C(=O)c2ccco2)CC1)c1cccs1. The van der Waals surface area contributed by atoms with Crippen LogP contribution in [0.15, 0.2) is 40.3 Å². The van der Waals surface area contributed by atoms with Gasteiger partial charge in [-0.1, -0.05) is 6.07 Å². The summed E-state index contributed by atoms with van der Waals surface area (Å²) < 4.78 is 5.15. The Labute approximate surface area is 145 Å². The zero-order valence-electron chi connectivity index (χ0n) is 13.6. The van der Waals surface area contributed by atoms with E-state index in [2.05, 4.69) is 10.2 Å². The molecule has 0 bridgehead atoms.